The van der Waals surface area contributed by atoms with E-state index in [1.807, 2.05) is 6.92 Å². The number of ether oxygens (including phenoxy) is 1. The van der Waals surface area contributed by atoms with E-state index < -0.39 is 12.0 Å². The molecule has 106 valence electrons. The zero-order valence-electron chi connectivity index (χ0n) is 11.6. The maximum Gasteiger partial charge on any atom is 0.322 e. The molecule has 0 aliphatic rings. The first-order valence-electron chi connectivity index (χ1n) is 6.09. The quantitative estimate of drug-likeness (QED) is 0.505. The van der Waals surface area contributed by atoms with Crippen molar-refractivity contribution in [3.8, 4) is 0 Å². The van der Waals surface area contributed by atoms with Crippen LogP contribution in [0, 0.1) is 5.92 Å². The van der Waals surface area contributed by atoms with Gasteiger partial charge in [-0.3, -0.25) is 9.59 Å². The fourth-order valence-corrected chi connectivity index (χ4v) is 1.94. The Morgan fingerprint density at radius 3 is 2.44 bits per heavy atom. The van der Waals surface area contributed by atoms with Gasteiger partial charge in [0.05, 0.1) is 12.9 Å². The highest BCUT2D eigenvalue weighted by molar-refractivity contribution is 7.99. The van der Waals surface area contributed by atoms with Crippen LogP contribution in [0.15, 0.2) is 0 Å². The number of nitrogens with two attached hydrogens (primary N) is 1. The van der Waals surface area contributed by atoms with E-state index in [9.17, 15) is 9.59 Å². The largest absolute Gasteiger partial charge is 0.468 e. The summed E-state index contributed by atoms with van der Waals surface area (Å²) in [5.41, 5.74) is 5.58. The summed E-state index contributed by atoms with van der Waals surface area (Å²) in [4.78, 5) is 22.6. The van der Waals surface area contributed by atoms with E-state index in [-0.39, 0.29) is 11.9 Å². The third-order valence-corrected chi connectivity index (χ3v) is 3.69. The number of esters is 1. The van der Waals surface area contributed by atoms with Crippen LogP contribution >= 0.6 is 11.8 Å². The van der Waals surface area contributed by atoms with Gasteiger partial charge in [-0.1, -0.05) is 13.8 Å². The number of hydrogen-bond donors (Lipinski definition) is 2. The maximum absolute atomic E-state index is 11.5. The number of amides is 1. The van der Waals surface area contributed by atoms with E-state index in [0.29, 0.717) is 23.8 Å². The molecule has 3 N–H and O–H groups in total. The van der Waals surface area contributed by atoms with Crippen LogP contribution in [0.2, 0.25) is 0 Å². The summed E-state index contributed by atoms with van der Waals surface area (Å²) >= 11 is 1.47. The van der Waals surface area contributed by atoms with Crippen molar-refractivity contribution in [3.05, 3.63) is 0 Å². The fourth-order valence-electron chi connectivity index (χ4n) is 1.11. The summed E-state index contributed by atoms with van der Waals surface area (Å²) < 4.78 is 4.52. The Hall–Kier alpha value is -0.750. The Bertz CT molecular complexity index is 272. The van der Waals surface area contributed by atoms with Gasteiger partial charge in [-0.15, -0.1) is 0 Å². The van der Waals surface area contributed by atoms with Gasteiger partial charge in [0, 0.05) is 6.04 Å². The van der Waals surface area contributed by atoms with Gasteiger partial charge in [-0.05, 0) is 25.0 Å². The van der Waals surface area contributed by atoms with E-state index in [1.165, 1.54) is 18.9 Å². The molecule has 0 radical (unpaired) electrons. The molecule has 0 rings (SSSR count). The van der Waals surface area contributed by atoms with E-state index in [0.717, 1.165) is 0 Å². The van der Waals surface area contributed by atoms with Crippen LogP contribution in [0.5, 0.6) is 0 Å². The lowest BCUT2D eigenvalue weighted by Gasteiger charge is -2.17. The Morgan fingerprint density at radius 2 is 1.94 bits per heavy atom. The highest BCUT2D eigenvalue weighted by Crippen LogP contribution is 2.06. The standard InChI is InChI=1S/C12H24N2O3S/c1-8(2)9(3)14-11(15)7-18-6-5-10(13)12(16)17-4/h8-10H,5-7,13H2,1-4H3,(H,14,15). The molecule has 1 amide bonds. The minimum absolute atomic E-state index is 0.0211. The number of thioether (sulfide) groups is 1. The second-order valence-corrected chi connectivity index (χ2v) is 5.68. The molecule has 0 aromatic carbocycles. The monoisotopic (exact) mass is 276 g/mol. The lowest BCUT2D eigenvalue weighted by atomic mass is 10.1. The van der Waals surface area contributed by atoms with Gasteiger partial charge >= 0.3 is 5.97 Å². The number of carbonyl (C=O) groups is 2. The number of hydrogen-bond acceptors (Lipinski definition) is 5. The summed E-state index contributed by atoms with van der Waals surface area (Å²) in [6.45, 7) is 6.11. The van der Waals surface area contributed by atoms with Crippen LogP contribution in [0.25, 0.3) is 0 Å². The van der Waals surface area contributed by atoms with Gasteiger partial charge in [0.1, 0.15) is 6.04 Å². The summed E-state index contributed by atoms with van der Waals surface area (Å²) in [5.74, 6) is 1.10. The summed E-state index contributed by atoms with van der Waals surface area (Å²) in [6.07, 6.45) is 0.518. The molecule has 2 atom stereocenters. The van der Waals surface area contributed by atoms with Gasteiger partial charge in [0.15, 0.2) is 0 Å². The molecule has 0 saturated carbocycles. The molecular formula is C12H24N2O3S. The molecule has 0 fully saturated rings. The van der Waals surface area contributed by atoms with Crippen LogP contribution in [0.1, 0.15) is 27.2 Å². The van der Waals surface area contributed by atoms with Crippen molar-refractivity contribution in [1.82, 2.24) is 5.32 Å². The smallest absolute Gasteiger partial charge is 0.322 e. The summed E-state index contributed by atoms with van der Waals surface area (Å²) in [7, 11) is 1.32. The summed E-state index contributed by atoms with van der Waals surface area (Å²) in [5, 5.41) is 2.92. The minimum atomic E-state index is -0.597. The van der Waals surface area contributed by atoms with Crippen LogP contribution in [-0.2, 0) is 14.3 Å². The van der Waals surface area contributed by atoms with E-state index in [1.54, 1.807) is 0 Å². The van der Waals surface area contributed by atoms with Crippen LogP contribution in [-0.4, -0.2) is 42.6 Å². The Morgan fingerprint density at radius 1 is 1.33 bits per heavy atom. The van der Waals surface area contributed by atoms with Crippen molar-refractivity contribution in [3.63, 3.8) is 0 Å². The normalized spacial score (nSPS) is 14.1. The van der Waals surface area contributed by atoms with Crippen molar-refractivity contribution in [2.75, 3.05) is 18.6 Å². The Kier molecular flexibility index (Phi) is 8.83. The molecule has 0 aliphatic carbocycles. The topological polar surface area (TPSA) is 81.4 Å². The first-order valence-corrected chi connectivity index (χ1v) is 7.24. The van der Waals surface area contributed by atoms with Crippen molar-refractivity contribution in [2.45, 2.75) is 39.3 Å². The lowest BCUT2D eigenvalue weighted by Crippen LogP contribution is -2.37. The number of methoxy groups -OCH3 is 1. The van der Waals surface area contributed by atoms with Gasteiger partial charge < -0.3 is 15.8 Å². The third-order valence-electron chi connectivity index (χ3n) is 2.70. The van der Waals surface area contributed by atoms with Crippen LogP contribution in [0.3, 0.4) is 0 Å². The fraction of sp³-hybridized carbons (Fsp3) is 0.833. The van der Waals surface area contributed by atoms with Gasteiger partial charge in [-0.2, -0.15) is 11.8 Å². The highest BCUT2D eigenvalue weighted by atomic mass is 32.2. The van der Waals surface area contributed by atoms with E-state index >= 15 is 0 Å². The lowest BCUT2D eigenvalue weighted by molar-refractivity contribution is -0.142. The molecule has 0 bridgehead atoms. The second-order valence-electron chi connectivity index (χ2n) is 4.57. The predicted molar refractivity (Wildman–Crippen MR) is 74.4 cm³/mol. The first kappa shape index (κ1) is 17.2. The van der Waals surface area contributed by atoms with Gasteiger partial charge in [-0.25, -0.2) is 0 Å². The molecule has 5 nitrogen and oxygen atoms in total. The average Bonchev–Trinajstić information content (AvgIpc) is 2.32. The molecular weight excluding hydrogens is 252 g/mol. The Balaban J connectivity index is 3.66. The average molecular weight is 276 g/mol. The molecule has 0 spiro atoms. The third kappa shape index (κ3) is 7.55. The summed E-state index contributed by atoms with van der Waals surface area (Å²) in [6, 6.07) is -0.421. The molecule has 6 heteroatoms. The number of carbonyl (C=O) groups excluding carboxylic acids is 2. The van der Waals surface area contributed by atoms with Crippen molar-refractivity contribution < 1.29 is 14.3 Å². The van der Waals surface area contributed by atoms with Crippen molar-refractivity contribution in [1.29, 1.82) is 0 Å². The van der Waals surface area contributed by atoms with Gasteiger partial charge in [0.2, 0.25) is 5.91 Å². The molecule has 0 aromatic heterocycles. The molecule has 2 unspecified atom stereocenters. The second kappa shape index (κ2) is 9.22. The molecule has 0 aliphatic heterocycles. The van der Waals surface area contributed by atoms with Crippen LogP contribution < -0.4 is 11.1 Å². The zero-order valence-corrected chi connectivity index (χ0v) is 12.4. The Labute approximate surface area is 113 Å². The van der Waals surface area contributed by atoms with Crippen LogP contribution in [0.4, 0.5) is 0 Å². The molecule has 0 aromatic rings. The maximum atomic E-state index is 11.5. The predicted octanol–water partition coefficient (Wildman–Crippen LogP) is 0.771. The van der Waals surface area contributed by atoms with E-state index in [4.69, 9.17) is 5.73 Å². The molecule has 18 heavy (non-hydrogen) atoms. The van der Waals surface area contributed by atoms with E-state index in [2.05, 4.69) is 23.9 Å². The molecule has 0 saturated heterocycles. The SMILES string of the molecule is COC(=O)C(N)CCSCC(=O)NC(C)C(C)C. The van der Waals surface area contributed by atoms with Gasteiger partial charge in [0.25, 0.3) is 0 Å². The minimum Gasteiger partial charge on any atom is -0.468 e. The highest BCUT2D eigenvalue weighted by Gasteiger charge is 2.14. The number of nitrogens with one attached hydrogen (secondary N) is 1. The van der Waals surface area contributed by atoms with Crippen molar-refractivity contribution >= 4 is 23.6 Å². The number of rotatable bonds is 8. The molecule has 0 heterocycles. The van der Waals surface area contributed by atoms with Crippen molar-refractivity contribution in [2.24, 2.45) is 11.7 Å². The zero-order chi connectivity index (χ0) is 14.1. The first-order chi connectivity index (χ1) is 8.38.